The minimum absolute atomic E-state index is 0.0306. The Morgan fingerprint density at radius 3 is 2.73 bits per heavy atom. The molecule has 1 aliphatic rings. The van der Waals surface area contributed by atoms with E-state index in [1.54, 1.807) is 17.5 Å². The number of nitrogens with zero attached hydrogens (tertiary/aromatic N) is 1. The molecule has 1 aliphatic carbocycles. The van der Waals surface area contributed by atoms with Crippen molar-refractivity contribution in [3.8, 4) is 21.6 Å². The van der Waals surface area contributed by atoms with E-state index in [9.17, 15) is 4.79 Å². The van der Waals surface area contributed by atoms with Crippen LogP contribution in [0.15, 0.2) is 48.8 Å². The van der Waals surface area contributed by atoms with Gasteiger partial charge in [0.05, 0.1) is 4.88 Å². The monoisotopic (exact) mass is 362 g/mol. The highest BCUT2D eigenvalue weighted by molar-refractivity contribution is 7.17. The lowest BCUT2D eigenvalue weighted by Crippen LogP contribution is -2.29. The molecular weight excluding hydrogens is 340 g/mol. The van der Waals surface area contributed by atoms with E-state index in [-0.39, 0.29) is 11.9 Å². The van der Waals surface area contributed by atoms with Crippen LogP contribution in [0.25, 0.3) is 21.6 Å². The summed E-state index contributed by atoms with van der Waals surface area (Å²) in [5.74, 6) is 0.0306. The van der Waals surface area contributed by atoms with Crippen molar-refractivity contribution in [1.82, 2.24) is 10.3 Å². The zero-order chi connectivity index (χ0) is 18.1. The number of aromatic nitrogens is 1. The fourth-order valence-corrected chi connectivity index (χ4v) is 4.64. The highest BCUT2D eigenvalue weighted by Crippen LogP contribution is 2.40. The first kappa shape index (κ1) is 17.0. The number of amides is 1. The van der Waals surface area contributed by atoms with Gasteiger partial charge in [-0.3, -0.25) is 9.78 Å². The Kier molecular flexibility index (Phi) is 4.60. The molecule has 0 fully saturated rings. The third-order valence-electron chi connectivity index (χ3n) is 4.69. The highest BCUT2D eigenvalue weighted by atomic mass is 32.1. The van der Waals surface area contributed by atoms with Gasteiger partial charge in [-0.05, 0) is 73.6 Å². The molecule has 0 unspecified atom stereocenters. The number of carbonyl (C=O) groups excluding carboxylic acids is 1. The molecule has 3 aromatic rings. The molecule has 2 heterocycles. The van der Waals surface area contributed by atoms with Crippen LogP contribution >= 0.6 is 11.3 Å². The molecule has 0 saturated heterocycles. The molecule has 1 aromatic carbocycles. The van der Waals surface area contributed by atoms with E-state index >= 15 is 0 Å². The summed E-state index contributed by atoms with van der Waals surface area (Å²) < 4.78 is 0. The Morgan fingerprint density at radius 2 is 1.96 bits per heavy atom. The van der Waals surface area contributed by atoms with E-state index in [0.29, 0.717) is 0 Å². The van der Waals surface area contributed by atoms with Gasteiger partial charge in [0, 0.05) is 28.9 Å². The average molecular weight is 362 g/mol. The number of hydrogen-bond donors (Lipinski definition) is 1. The zero-order valence-electron chi connectivity index (χ0n) is 15.1. The first-order valence-corrected chi connectivity index (χ1v) is 9.91. The van der Waals surface area contributed by atoms with Gasteiger partial charge in [-0.15, -0.1) is 11.3 Å². The molecule has 0 saturated carbocycles. The van der Waals surface area contributed by atoms with Gasteiger partial charge >= 0.3 is 0 Å². The van der Waals surface area contributed by atoms with Crippen molar-refractivity contribution in [2.75, 3.05) is 0 Å². The third kappa shape index (κ3) is 3.29. The molecule has 132 valence electrons. The number of thiophene rings is 1. The molecule has 1 N–H and O–H groups in total. The lowest BCUT2D eigenvalue weighted by atomic mass is 9.98. The van der Waals surface area contributed by atoms with Crippen LogP contribution in [0.5, 0.6) is 0 Å². The molecule has 0 radical (unpaired) electrons. The van der Waals surface area contributed by atoms with E-state index in [1.807, 2.05) is 26.1 Å². The first-order valence-electron chi connectivity index (χ1n) is 9.09. The summed E-state index contributed by atoms with van der Waals surface area (Å²) in [6, 6.07) is 13.0. The second kappa shape index (κ2) is 7.04. The Balaban J connectivity index is 1.78. The van der Waals surface area contributed by atoms with Crippen LogP contribution in [0.1, 0.15) is 41.1 Å². The lowest BCUT2D eigenvalue weighted by molar-refractivity contribution is 0.0947. The number of rotatable bonds is 3. The summed E-state index contributed by atoms with van der Waals surface area (Å²) in [5.41, 5.74) is 6.23. The summed E-state index contributed by atoms with van der Waals surface area (Å²) in [5, 5.41) is 3.01. The molecule has 0 spiro atoms. The maximum atomic E-state index is 12.5. The van der Waals surface area contributed by atoms with E-state index in [4.69, 9.17) is 0 Å². The Bertz CT molecular complexity index is 944. The van der Waals surface area contributed by atoms with Crippen molar-refractivity contribution in [2.45, 2.75) is 39.2 Å². The molecule has 1 amide bonds. The van der Waals surface area contributed by atoms with E-state index in [1.165, 1.54) is 27.1 Å². The van der Waals surface area contributed by atoms with Crippen molar-refractivity contribution in [1.29, 1.82) is 0 Å². The van der Waals surface area contributed by atoms with Crippen molar-refractivity contribution >= 4 is 17.2 Å². The molecule has 0 atom stereocenters. The number of pyridine rings is 1. The minimum atomic E-state index is 0.0306. The zero-order valence-corrected chi connectivity index (χ0v) is 15.9. The number of fused-ring (bicyclic) bond motifs is 3. The maximum absolute atomic E-state index is 12.5. The van der Waals surface area contributed by atoms with E-state index in [0.717, 1.165) is 29.7 Å². The van der Waals surface area contributed by atoms with Crippen molar-refractivity contribution in [3.63, 3.8) is 0 Å². The molecule has 26 heavy (non-hydrogen) atoms. The minimum Gasteiger partial charge on any atom is -0.349 e. The summed E-state index contributed by atoms with van der Waals surface area (Å²) in [4.78, 5) is 18.7. The fraction of sp³-hybridized carbons (Fsp3) is 0.273. The SMILES string of the molecule is CC(C)NC(=O)c1cc2c(s1)-c1cc(-c3cccnc3)ccc1CCC2. The van der Waals surface area contributed by atoms with Gasteiger partial charge in [0.25, 0.3) is 5.91 Å². The molecular formula is C22H22N2OS. The van der Waals surface area contributed by atoms with Crippen molar-refractivity contribution in [2.24, 2.45) is 0 Å². The predicted molar refractivity (Wildman–Crippen MR) is 108 cm³/mol. The number of carbonyl (C=O) groups is 1. The summed E-state index contributed by atoms with van der Waals surface area (Å²) in [7, 11) is 0. The number of hydrogen-bond acceptors (Lipinski definition) is 3. The molecule has 0 bridgehead atoms. The van der Waals surface area contributed by atoms with Gasteiger partial charge in [-0.1, -0.05) is 18.2 Å². The molecule has 2 aromatic heterocycles. The Hall–Kier alpha value is -2.46. The van der Waals surface area contributed by atoms with E-state index in [2.05, 4.69) is 40.6 Å². The van der Waals surface area contributed by atoms with E-state index < -0.39 is 0 Å². The van der Waals surface area contributed by atoms with Crippen LogP contribution in [-0.2, 0) is 12.8 Å². The standard InChI is InChI=1S/C22H22N2OS/c1-14(2)24-22(25)20-12-17-6-3-5-15-8-9-16(11-19(15)21(17)26-20)18-7-4-10-23-13-18/h4,7-14H,3,5-6H2,1-2H3,(H,24,25). The molecule has 3 nitrogen and oxygen atoms in total. The fourth-order valence-electron chi connectivity index (χ4n) is 3.48. The summed E-state index contributed by atoms with van der Waals surface area (Å²) in [6.07, 6.45) is 6.92. The second-order valence-electron chi connectivity index (χ2n) is 7.06. The van der Waals surface area contributed by atoms with Crippen LogP contribution in [0.3, 0.4) is 0 Å². The summed E-state index contributed by atoms with van der Waals surface area (Å²) >= 11 is 1.62. The number of aryl methyl sites for hydroxylation is 2. The number of benzene rings is 1. The van der Waals surface area contributed by atoms with Crippen LogP contribution in [0.4, 0.5) is 0 Å². The number of nitrogens with one attached hydrogen (secondary N) is 1. The third-order valence-corrected chi connectivity index (χ3v) is 5.90. The predicted octanol–water partition coefficient (Wildman–Crippen LogP) is 5.10. The smallest absolute Gasteiger partial charge is 0.261 e. The molecule has 4 rings (SSSR count). The van der Waals surface area contributed by atoms with Gasteiger partial charge in [-0.2, -0.15) is 0 Å². The van der Waals surface area contributed by atoms with Gasteiger partial charge in [0.1, 0.15) is 0 Å². The summed E-state index contributed by atoms with van der Waals surface area (Å²) in [6.45, 7) is 3.98. The molecule has 0 aliphatic heterocycles. The maximum Gasteiger partial charge on any atom is 0.261 e. The quantitative estimate of drug-likeness (QED) is 0.704. The van der Waals surface area contributed by atoms with Crippen molar-refractivity contribution < 1.29 is 4.79 Å². The van der Waals surface area contributed by atoms with Crippen LogP contribution in [0.2, 0.25) is 0 Å². The largest absolute Gasteiger partial charge is 0.349 e. The topological polar surface area (TPSA) is 42.0 Å². The Morgan fingerprint density at radius 1 is 1.12 bits per heavy atom. The highest BCUT2D eigenvalue weighted by Gasteiger charge is 2.21. The van der Waals surface area contributed by atoms with Crippen LogP contribution in [0, 0.1) is 0 Å². The van der Waals surface area contributed by atoms with Crippen LogP contribution in [-0.4, -0.2) is 16.9 Å². The first-order chi connectivity index (χ1) is 12.6. The lowest BCUT2D eigenvalue weighted by Gasteiger charge is -2.09. The van der Waals surface area contributed by atoms with Crippen LogP contribution < -0.4 is 5.32 Å². The second-order valence-corrected chi connectivity index (χ2v) is 8.11. The average Bonchev–Trinajstić information content (AvgIpc) is 2.99. The Labute approximate surface area is 158 Å². The van der Waals surface area contributed by atoms with Gasteiger partial charge in [-0.25, -0.2) is 0 Å². The molecule has 4 heteroatoms. The van der Waals surface area contributed by atoms with Gasteiger partial charge in [0.15, 0.2) is 0 Å². The van der Waals surface area contributed by atoms with Gasteiger partial charge in [0.2, 0.25) is 0 Å². The normalized spacial score (nSPS) is 13.0. The van der Waals surface area contributed by atoms with Gasteiger partial charge < -0.3 is 5.32 Å². The van der Waals surface area contributed by atoms with Crippen molar-refractivity contribution in [3.05, 3.63) is 64.8 Å².